The average Bonchev–Trinajstić information content (AvgIpc) is 2.16. The van der Waals surface area contributed by atoms with Crippen molar-refractivity contribution in [2.75, 3.05) is 0 Å². The minimum atomic E-state index is -0.0278. The lowest BCUT2D eigenvalue weighted by atomic mass is 9.90. The Balaban J connectivity index is 2.55. The molecule has 0 bridgehead atoms. The van der Waals surface area contributed by atoms with Crippen LogP contribution in [-0.2, 0) is 4.84 Å². The lowest BCUT2D eigenvalue weighted by Gasteiger charge is -2.24. The molecule has 0 spiro atoms. The van der Waals surface area contributed by atoms with Gasteiger partial charge in [0.2, 0.25) is 0 Å². The first-order valence-electron chi connectivity index (χ1n) is 3.35. The summed E-state index contributed by atoms with van der Waals surface area (Å²) in [5.74, 6) is 0.542. The van der Waals surface area contributed by atoms with E-state index in [2.05, 4.69) is 25.9 Å². The Bertz CT molecular complexity index is 121. The fraction of sp³-hybridized carbons (Fsp3) is 0.857. The van der Waals surface area contributed by atoms with Gasteiger partial charge in [-0.15, -0.1) is 0 Å². The van der Waals surface area contributed by atoms with Crippen LogP contribution in [0.4, 0.5) is 0 Å². The molecule has 2 heteroatoms. The van der Waals surface area contributed by atoms with Gasteiger partial charge in [-0.05, 0) is 12.8 Å². The van der Waals surface area contributed by atoms with E-state index in [1.807, 2.05) is 6.21 Å². The second kappa shape index (κ2) is 2.01. The number of nitrogens with zero attached hydrogens (tertiary/aromatic N) is 1. The number of oxime groups is 1. The molecular formula is C7H13NO. The van der Waals surface area contributed by atoms with Gasteiger partial charge in [0.25, 0.3) is 0 Å². The molecule has 9 heavy (non-hydrogen) atoms. The largest absolute Gasteiger partial charge is 0.389 e. The van der Waals surface area contributed by atoms with E-state index in [1.54, 1.807) is 0 Å². The molecule has 0 aromatic carbocycles. The zero-order valence-electron chi connectivity index (χ0n) is 6.22. The van der Waals surface area contributed by atoms with Crippen molar-refractivity contribution in [3.63, 3.8) is 0 Å². The summed E-state index contributed by atoms with van der Waals surface area (Å²) in [7, 11) is 0. The Morgan fingerprint density at radius 3 is 2.56 bits per heavy atom. The highest BCUT2D eigenvalue weighted by atomic mass is 16.7. The summed E-state index contributed by atoms with van der Waals surface area (Å²) in [6.45, 7) is 6.38. The Morgan fingerprint density at radius 1 is 1.67 bits per heavy atom. The topological polar surface area (TPSA) is 21.6 Å². The van der Waals surface area contributed by atoms with Crippen LogP contribution in [0.3, 0.4) is 0 Å². The molecule has 0 radical (unpaired) electrons. The summed E-state index contributed by atoms with van der Waals surface area (Å²) in [6, 6.07) is 0. The molecular weight excluding hydrogens is 114 g/mol. The van der Waals surface area contributed by atoms with Gasteiger partial charge in [0.05, 0.1) is 0 Å². The first kappa shape index (κ1) is 6.59. The summed E-state index contributed by atoms with van der Waals surface area (Å²) < 4.78 is 0. The van der Waals surface area contributed by atoms with Gasteiger partial charge in [-0.1, -0.05) is 19.0 Å². The molecule has 0 saturated carbocycles. The van der Waals surface area contributed by atoms with E-state index in [0.717, 1.165) is 6.42 Å². The molecule has 0 aromatic heterocycles. The molecule has 1 heterocycles. The lowest BCUT2D eigenvalue weighted by Crippen LogP contribution is -2.30. The Kier molecular flexibility index (Phi) is 1.47. The van der Waals surface area contributed by atoms with E-state index in [9.17, 15) is 0 Å². The van der Waals surface area contributed by atoms with Crippen LogP contribution in [0, 0.1) is 5.92 Å². The first-order valence-corrected chi connectivity index (χ1v) is 3.35. The molecule has 0 amide bonds. The molecule has 52 valence electrons. The standard InChI is InChI=1S/C7H13NO/c1-6(2)7(3)4-5-8-9-7/h5-6H,4H2,1-3H3. The first-order chi connectivity index (χ1) is 4.15. The minimum absolute atomic E-state index is 0.0278. The summed E-state index contributed by atoms with van der Waals surface area (Å²) in [5, 5.41) is 3.73. The SMILES string of the molecule is CC(C)C1(C)CC=NO1. The van der Waals surface area contributed by atoms with Crippen molar-refractivity contribution in [3.05, 3.63) is 0 Å². The van der Waals surface area contributed by atoms with Crippen LogP contribution < -0.4 is 0 Å². The number of hydrogen-bond acceptors (Lipinski definition) is 2. The van der Waals surface area contributed by atoms with E-state index in [1.165, 1.54) is 0 Å². The van der Waals surface area contributed by atoms with Gasteiger partial charge >= 0.3 is 0 Å². The van der Waals surface area contributed by atoms with Gasteiger partial charge in [-0.2, -0.15) is 0 Å². The highest BCUT2D eigenvalue weighted by Crippen LogP contribution is 2.27. The molecule has 1 rings (SSSR count). The van der Waals surface area contributed by atoms with Crippen LogP contribution in [0.1, 0.15) is 27.2 Å². The van der Waals surface area contributed by atoms with E-state index in [0.29, 0.717) is 5.92 Å². The van der Waals surface area contributed by atoms with Gasteiger partial charge in [-0.25, -0.2) is 0 Å². The summed E-state index contributed by atoms with van der Waals surface area (Å²) in [4.78, 5) is 5.17. The minimum Gasteiger partial charge on any atom is -0.389 e. The quantitative estimate of drug-likeness (QED) is 0.526. The van der Waals surface area contributed by atoms with Crippen LogP contribution in [0.2, 0.25) is 0 Å². The third-order valence-electron chi connectivity index (χ3n) is 2.05. The maximum Gasteiger partial charge on any atom is 0.142 e. The monoisotopic (exact) mass is 127 g/mol. The molecule has 1 atom stereocenters. The van der Waals surface area contributed by atoms with Gasteiger partial charge < -0.3 is 4.84 Å². The normalized spacial score (nSPS) is 33.3. The predicted molar refractivity (Wildman–Crippen MR) is 37.4 cm³/mol. The van der Waals surface area contributed by atoms with E-state index < -0.39 is 0 Å². The molecule has 1 unspecified atom stereocenters. The van der Waals surface area contributed by atoms with Crippen LogP contribution in [0.15, 0.2) is 5.16 Å². The second-order valence-corrected chi connectivity index (χ2v) is 3.05. The Morgan fingerprint density at radius 2 is 2.33 bits per heavy atom. The highest BCUT2D eigenvalue weighted by molar-refractivity contribution is 5.59. The lowest BCUT2D eigenvalue weighted by molar-refractivity contribution is -0.0384. The zero-order valence-corrected chi connectivity index (χ0v) is 6.22. The van der Waals surface area contributed by atoms with Crippen LogP contribution in [-0.4, -0.2) is 11.8 Å². The Labute approximate surface area is 55.9 Å². The molecule has 2 nitrogen and oxygen atoms in total. The molecule has 1 aliphatic heterocycles. The molecule has 1 aliphatic rings. The van der Waals surface area contributed by atoms with E-state index >= 15 is 0 Å². The van der Waals surface area contributed by atoms with Crippen LogP contribution >= 0.6 is 0 Å². The summed E-state index contributed by atoms with van der Waals surface area (Å²) in [6.07, 6.45) is 2.78. The van der Waals surface area contributed by atoms with Crippen LogP contribution in [0.25, 0.3) is 0 Å². The third-order valence-corrected chi connectivity index (χ3v) is 2.05. The van der Waals surface area contributed by atoms with Gasteiger partial charge in [0.15, 0.2) is 0 Å². The van der Waals surface area contributed by atoms with Crippen molar-refractivity contribution < 1.29 is 4.84 Å². The Hall–Kier alpha value is -0.530. The average molecular weight is 127 g/mol. The van der Waals surface area contributed by atoms with Gasteiger partial charge in [0.1, 0.15) is 5.60 Å². The van der Waals surface area contributed by atoms with Crippen molar-refractivity contribution in [1.82, 2.24) is 0 Å². The third kappa shape index (κ3) is 1.07. The van der Waals surface area contributed by atoms with Crippen molar-refractivity contribution in [2.24, 2.45) is 11.1 Å². The maximum atomic E-state index is 5.17. The molecule has 0 saturated heterocycles. The number of rotatable bonds is 1. The van der Waals surface area contributed by atoms with Crippen molar-refractivity contribution in [3.8, 4) is 0 Å². The van der Waals surface area contributed by atoms with Crippen molar-refractivity contribution in [1.29, 1.82) is 0 Å². The molecule has 0 aliphatic carbocycles. The van der Waals surface area contributed by atoms with E-state index in [4.69, 9.17) is 4.84 Å². The predicted octanol–water partition coefficient (Wildman–Crippen LogP) is 1.81. The molecule has 0 aromatic rings. The number of hydrogen-bond donors (Lipinski definition) is 0. The smallest absolute Gasteiger partial charge is 0.142 e. The molecule has 0 fully saturated rings. The zero-order chi connectivity index (χ0) is 6.91. The van der Waals surface area contributed by atoms with Gasteiger partial charge in [-0.3, -0.25) is 0 Å². The van der Waals surface area contributed by atoms with Gasteiger partial charge in [0, 0.05) is 12.6 Å². The fourth-order valence-electron chi connectivity index (χ4n) is 0.755. The summed E-state index contributed by atoms with van der Waals surface area (Å²) in [5.41, 5.74) is -0.0278. The highest BCUT2D eigenvalue weighted by Gasteiger charge is 2.32. The summed E-state index contributed by atoms with van der Waals surface area (Å²) >= 11 is 0. The van der Waals surface area contributed by atoms with Crippen molar-refractivity contribution >= 4 is 6.21 Å². The van der Waals surface area contributed by atoms with E-state index in [-0.39, 0.29) is 5.60 Å². The molecule has 0 N–H and O–H groups in total. The second-order valence-electron chi connectivity index (χ2n) is 3.05. The van der Waals surface area contributed by atoms with Crippen LogP contribution in [0.5, 0.6) is 0 Å². The maximum absolute atomic E-state index is 5.17. The fourth-order valence-corrected chi connectivity index (χ4v) is 0.755. The van der Waals surface area contributed by atoms with Crippen molar-refractivity contribution in [2.45, 2.75) is 32.8 Å².